The van der Waals surface area contributed by atoms with Crippen LogP contribution in [0.25, 0.3) is 0 Å². The van der Waals surface area contributed by atoms with Gasteiger partial charge in [0.2, 0.25) is 0 Å². The van der Waals surface area contributed by atoms with Gasteiger partial charge in [0.1, 0.15) is 0 Å². The van der Waals surface area contributed by atoms with E-state index in [0.717, 1.165) is 0 Å². The van der Waals surface area contributed by atoms with Gasteiger partial charge >= 0.3 is 56.9 Å². The molecule has 0 aromatic heterocycles. The predicted molar refractivity (Wildman–Crippen MR) is 33.7 cm³/mol. The molecular formula is C4H12GeO3. The molecule has 0 aliphatic rings. The Morgan fingerprint density at radius 2 is 1.25 bits per heavy atom. The fourth-order valence-corrected chi connectivity index (χ4v) is 0.250. The first kappa shape index (κ1) is 8.42. The van der Waals surface area contributed by atoms with E-state index in [1.807, 2.05) is 0 Å². The van der Waals surface area contributed by atoms with Gasteiger partial charge in [-0.1, -0.05) is 0 Å². The molecule has 0 rings (SSSR count). The van der Waals surface area contributed by atoms with Crippen molar-refractivity contribution in [1.29, 1.82) is 0 Å². The molecule has 0 N–H and O–H groups in total. The summed E-state index contributed by atoms with van der Waals surface area (Å²) in [7, 11) is 4.70. The van der Waals surface area contributed by atoms with Gasteiger partial charge in [0, 0.05) is 0 Å². The number of hydrogen-bond acceptors (Lipinski definition) is 3. The average Bonchev–Trinajstić information content (AvgIpc) is 1.87. The van der Waals surface area contributed by atoms with Crippen molar-refractivity contribution in [2.75, 3.05) is 21.3 Å². The molecule has 4 heteroatoms. The zero-order valence-corrected chi connectivity index (χ0v) is 9.92. The summed E-state index contributed by atoms with van der Waals surface area (Å²) >= 11 is 0.359. The molecule has 0 bridgehead atoms. The Morgan fingerprint density at radius 1 is 1.00 bits per heavy atom. The van der Waals surface area contributed by atoms with Gasteiger partial charge in [-0.2, -0.15) is 0 Å². The van der Waals surface area contributed by atoms with E-state index in [2.05, 4.69) is 0 Å². The van der Waals surface area contributed by atoms with Crippen molar-refractivity contribution in [1.82, 2.24) is 0 Å². The SMILES string of the molecule is CO[C]([GeH3])(OC)OC. The van der Waals surface area contributed by atoms with Crippen LogP contribution in [0.2, 0.25) is 0 Å². The van der Waals surface area contributed by atoms with Crippen LogP contribution in [0.1, 0.15) is 0 Å². The van der Waals surface area contributed by atoms with Crippen LogP contribution in [0, 0.1) is 0 Å². The van der Waals surface area contributed by atoms with E-state index in [0.29, 0.717) is 16.5 Å². The van der Waals surface area contributed by atoms with Gasteiger partial charge in [0.05, 0.1) is 0 Å². The van der Waals surface area contributed by atoms with Crippen molar-refractivity contribution >= 4 is 16.5 Å². The van der Waals surface area contributed by atoms with Crippen LogP contribution >= 0.6 is 0 Å². The molecule has 0 saturated carbocycles. The quantitative estimate of drug-likeness (QED) is 0.408. The molecule has 0 heterocycles. The molecule has 0 aliphatic carbocycles. The summed E-state index contributed by atoms with van der Waals surface area (Å²) in [6, 6.07) is 0. The standard InChI is InChI=1S/C4H12GeO3/c1-6-4(5,7-2)8-3/h1-3,5H3. The fraction of sp³-hybridized carbons (Fsp3) is 1.00. The van der Waals surface area contributed by atoms with Gasteiger partial charge in [0.25, 0.3) is 0 Å². The summed E-state index contributed by atoms with van der Waals surface area (Å²) < 4.78 is 14.6. The second-order valence-electron chi connectivity index (χ2n) is 1.47. The van der Waals surface area contributed by atoms with Crippen molar-refractivity contribution in [2.45, 2.75) is 4.81 Å². The number of hydrogen-bond donors (Lipinski definition) is 0. The molecule has 3 nitrogen and oxygen atoms in total. The van der Waals surface area contributed by atoms with Crippen LogP contribution in [0.15, 0.2) is 0 Å². The van der Waals surface area contributed by atoms with Crippen molar-refractivity contribution in [2.24, 2.45) is 0 Å². The van der Waals surface area contributed by atoms with E-state index >= 15 is 0 Å². The number of methoxy groups -OCH3 is 3. The first-order valence-electron chi connectivity index (χ1n) is 2.34. The van der Waals surface area contributed by atoms with E-state index < -0.39 is 4.81 Å². The van der Waals surface area contributed by atoms with Crippen LogP contribution in [-0.4, -0.2) is 42.6 Å². The van der Waals surface area contributed by atoms with E-state index in [4.69, 9.17) is 14.2 Å². The maximum atomic E-state index is 4.88. The molecule has 0 aliphatic heterocycles. The Morgan fingerprint density at radius 3 is 1.25 bits per heavy atom. The number of ether oxygens (including phenoxy) is 3. The minimum absolute atomic E-state index is 0.359. The van der Waals surface area contributed by atoms with Crippen LogP contribution in [0.4, 0.5) is 0 Å². The Labute approximate surface area is 57.5 Å². The Bertz CT molecular complexity index is 54.0. The molecule has 0 amide bonds. The zero-order valence-electron chi connectivity index (χ0n) is 5.72. The summed E-state index contributed by atoms with van der Waals surface area (Å²) in [6.07, 6.45) is 0. The Hall–Kier alpha value is 0.423. The van der Waals surface area contributed by atoms with Crippen molar-refractivity contribution in [3.05, 3.63) is 0 Å². The van der Waals surface area contributed by atoms with Gasteiger partial charge in [-0.05, 0) is 0 Å². The van der Waals surface area contributed by atoms with Gasteiger partial charge in [-0.3, -0.25) is 0 Å². The molecule has 50 valence electrons. The molecule has 0 saturated heterocycles. The first-order valence-corrected chi connectivity index (χ1v) is 4.44. The second-order valence-corrected chi connectivity index (χ2v) is 4.04. The summed E-state index contributed by atoms with van der Waals surface area (Å²) in [5, 5.41) is 0. The summed E-state index contributed by atoms with van der Waals surface area (Å²) in [5.41, 5.74) is 0. The minimum atomic E-state index is -0.688. The molecule has 0 radical (unpaired) electrons. The first-order chi connectivity index (χ1) is 3.68. The summed E-state index contributed by atoms with van der Waals surface area (Å²) in [6.45, 7) is 0. The molecular weight excluding hydrogens is 169 g/mol. The van der Waals surface area contributed by atoms with Crippen molar-refractivity contribution in [3.8, 4) is 0 Å². The van der Waals surface area contributed by atoms with Gasteiger partial charge in [-0.15, -0.1) is 0 Å². The molecule has 0 aromatic rings. The average molecular weight is 181 g/mol. The maximum absolute atomic E-state index is 4.88. The Kier molecular flexibility index (Phi) is 3.63. The van der Waals surface area contributed by atoms with Gasteiger partial charge in [0.15, 0.2) is 0 Å². The second kappa shape index (κ2) is 3.45. The third kappa shape index (κ3) is 2.13. The summed E-state index contributed by atoms with van der Waals surface area (Å²) in [4.78, 5) is -0.688. The van der Waals surface area contributed by atoms with Crippen LogP contribution in [0.5, 0.6) is 0 Å². The van der Waals surface area contributed by atoms with E-state index in [1.165, 1.54) is 0 Å². The number of rotatable bonds is 3. The van der Waals surface area contributed by atoms with Crippen molar-refractivity contribution < 1.29 is 14.2 Å². The van der Waals surface area contributed by atoms with E-state index in [-0.39, 0.29) is 0 Å². The molecule has 0 atom stereocenters. The molecule has 0 spiro atoms. The molecule has 8 heavy (non-hydrogen) atoms. The summed E-state index contributed by atoms with van der Waals surface area (Å²) in [5.74, 6) is 0. The molecule has 0 unspecified atom stereocenters. The van der Waals surface area contributed by atoms with Gasteiger partial charge in [-0.25, -0.2) is 0 Å². The topological polar surface area (TPSA) is 27.7 Å². The molecule has 0 aromatic carbocycles. The fourth-order valence-electron chi connectivity index (χ4n) is 0.250. The molecule has 0 fully saturated rings. The zero-order chi connectivity index (χ0) is 6.62. The van der Waals surface area contributed by atoms with Crippen molar-refractivity contribution in [3.63, 3.8) is 0 Å². The van der Waals surface area contributed by atoms with Crippen LogP contribution in [-0.2, 0) is 14.2 Å². The third-order valence-corrected chi connectivity index (χ3v) is 3.68. The predicted octanol–water partition coefficient (Wildman–Crippen LogP) is -1.10. The van der Waals surface area contributed by atoms with E-state index in [1.54, 1.807) is 21.3 Å². The normalized spacial score (nSPS) is 12.4. The van der Waals surface area contributed by atoms with Gasteiger partial charge < -0.3 is 0 Å². The van der Waals surface area contributed by atoms with E-state index in [9.17, 15) is 0 Å². The monoisotopic (exact) mass is 182 g/mol. The third-order valence-electron chi connectivity index (χ3n) is 1.11. The van der Waals surface area contributed by atoms with Crippen LogP contribution in [0.3, 0.4) is 0 Å². The Balaban J connectivity index is 3.58. The van der Waals surface area contributed by atoms with Crippen LogP contribution < -0.4 is 0 Å².